The smallest absolute Gasteiger partial charge is 0.323 e. The molecule has 12 nitrogen and oxygen atoms in total. The van der Waals surface area contributed by atoms with E-state index in [0.29, 0.717) is 36.2 Å². The van der Waals surface area contributed by atoms with Crippen LogP contribution in [0, 0.1) is 11.3 Å². The summed E-state index contributed by atoms with van der Waals surface area (Å²) < 4.78 is 1.76. The number of aromatic nitrogens is 6. The summed E-state index contributed by atoms with van der Waals surface area (Å²) >= 11 is 0. The number of hydrogen-bond donors (Lipinski definition) is 2. The van der Waals surface area contributed by atoms with Gasteiger partial charge in [-0.15, -0.1) is 0 Å². The van der Waals surface area contributed by atoms with Crippen LogP contribution in [0.3, 0.4) is 0 Å². The predicted octanol–water partition coefficient (Wildman–Crippen LogP) is 5.24. The average molecular weight is 640 g/mol. The third-order valence-corrected chi connectivity index (χ3v) is 9.14. The Hall–Kier alpha value is -5.83. The first kappa shape index (κ1) is 30.8. The van der Waals surface area contributed by atoms with Crippen molar-refractivity contribution >= 4 is 23.6 Å². The molecule has 0 radical (unpaired) electrons. The van der Waals surface area contributed by atoms with E-state index in [4.69, 9.17) is 9.97 Å². The van der Waals surface area contributed by atoms with Crippen molar-refractivity contribution in [3.8, 4) is 17.2 Å². The Morgan fingerprint density at radius 3 is 2.58 bits per heavy atom. The van der Waals surface area contributed by atoms with Crippen molar-refractivity contribution in [1.82, 2.24) is 35.0 Å². The number of carbonyl (C=O) groups is 1. The highest BCUT2D eigenvalue weighted by Gasteiger charge is 2.31. The van der Waals surface area contributed by atoms with Gasteiger partial charge in [0.15, 0.2) is 5.82 Å². The first-order chi connectivity index (χ1) is 23.5. The largest absolute Gasteiger partial charge is 0.351 e. The maximum absolute atomic E-state index is 13.8. The van der Waals surface area contributed by atoms with Gasteiger partial charge in [0.05, 0.1) is 12.4 Å². The van der Waals surface area contributed by atoms with Gasteiger partial charge in [0, 0.05) is 74.7 Å². The minimum atomic E-state index is -0.171. The fourth-order valence-electron chi connectivity index (χ4n) is 6.57. The maximum Gasteiger partial charge on any atom is 0.323 e. The normalized spacial score (nSPS) is 17.2. The molecule has 7 rings (SSSR count). The molecule has 12 heteroatoms. The lowest BCUT2D eigenvalue weighted by atomic mass is 9.90. The molecule has 242 valence electrons. The third-order valence-electron chi connectivity index (χ3n) is 9.14. The van der Waals surface area contributed by atoms with Crippen molar-refractivity contribution < 1.29 is 4.79 Å². The Morgan fingerprint density at radius 2 is 1.83 bits per heavy atom. The van der Waals surface area contributed by atoms with Gasteiger partial charge in [0.25, 0.3) is 0 Å². The van der Waals surface area contributed by atoms with Crippen LogP contribution in [0.1, 0.15) is 47.9 Å². The number of hydrogen-bond acceptors (Lipinski definition) is 9. The van der Waals surface area contributed by atoms with Gasteiger partial charge in [-0.05, 0) is 67.0 Å². The summed E-state index contributed by atoms with van der Waals surface area (Å²) in [6.07, 6.45) is 14.9. The molecule has 0 saturated heterocycles. The van der Waals surface area contributed by atoms with Crippen molar-refractivity contribution in [3.63, 3.8) is 0 Å². The van der Waals surface area contributed by atoms with Crippen LogP contribution in [-0.4, -0.2) is 54.4 Å². The fourth-order valence-corrected chi connectivity index (χ4v) is 6.57. The van der Waals surface area contributed by atoms with E-state index in [1.165, 1.54) is 5.56 Å². The minimum Gasteiger partial charge on any atom is -0.351 e. The molecule has 1 aliphatic carbocycles. The highest BCUT2D eigenvalue weighted by Crippen LogP contribution is 2.31. The zero-order valence-corrected chi connectivity index (χ0v) is 26.8. The van der Waals surface area contributed by atoms with Crippen molar-refractivity contribution in [2.45, 2.75) is 57.3 Å². The van der Waals surface area contributed by atoms with E-state index < -0.39 is 0 Å². The average Bonchev–Trinajstić information content (AvgIpc) is 3.58. The van der Waals surface area contributed by atoms with Crippen molar-refractivity contribution in [2.75, 3.05) is 21.7 Å². The molecule has 1 aliphatic heterocycles. The number of fused-ring (bicyclic) bond motifs is 1. The molecular formula is C36H37N11O. The summed E-state index contributed by atoms with van der Waals surface area (Å²) in [6.45, 7) is 1.85. The second-order valence-electron chi connectivity index (χ2n) is 12.3. The number of urea groups is 1. The Morgan fingerprint density at radius 1 is 0.979 bits per heavy atom. The van der Waals surface area contributed by atoms with Crippen LogP contribution < -0.4 is 20.4 Å². The van der Waals surface area contributed by atoms with Crippen LogP contribution in [0.2, 0.25) is 0 Å². The third kappa shape index (κ3) is 6.80. The molecular weight excluding hydrogens is 602 g/mol. The summed E-state index contributed by atoms with van der Waals surface area (Å²) in [6, 6.07) is 18.0. The van der Waals surface area contributed by atoms with Gasteiger partial charge >= 0.3 is 6.03 Å². The van der Waals surface area contributed by atoms with Crippen LogP contribution in [0.15, 0.2) is 85.7 Å². The van der Waals surface area contributed by atoms with Crippen molar-refractivity contribution in [3.05, 3.63) is 108 Å². The Kier molecular flexibility index (Phi) is 8.91. The standard InChI is InChI=1S/C36H37N11O/c1-45-23-30(22-42-45)27-7-12-33(39-20-27)47(36(48)41-18-25-5-3-2-4-6-25)32-10-8-31(9-11-32)43-35-40-21-28(17-37)34(44-35)46-16-14-26-13-15-38-19-29(26)24-46/h2-7,12-13,15,19-23,31-32H,8-11,14,16,18,24H2,1H3,(H,41,48)(H,40,43,44)/t31-,32-. The van der Waals surface area contributed by atoms with Crippen LogP contribution in [0.5, 0.6) is 0 Å². The molecule has 1 aromatic carbocycles. The van der Waals surface area contributed by atoms with Crippen LogP contribution in [0.4, 0.5) is 22.4 Å². The minimum absolute atomic E-state index is 0.0324. The highest BCUT2D eigenvalue weighted by atomic mass is 16.2. The van der Waals surface area contributed by atoms with Gasteiger partial charge in [-0.1, -0.05) is 30.3 Å². The molecule has 1 fully saturated rings. The van der Waals surface area contributed by atoms with Crippen molar-refractivity contribution in [2.24, 2.45) is 7.05 Å². The lowest BCUT2D eigenvalue weighted by molar-refractivity contribution is 0.240. The summed E-state index contributed by atoms with van der Waals surface area (Å²) in [5.41, 5.74) is 5.83. The molecule has 1 saturated carbocycles. The van der Waals surface area contributed by atoms with Gasteiger partial charge in [-0.2, -0.15) is 15.3 Å². The molecule has 4 aromatic heterocycles. The van der Waals surface area contributed by atoms with E-state index in [9.17, 15) is 10.1 Å². The number of anilines is 3. The molecule has 2 aliphatic rings. The van der Waals surface area contributed by atoms with Gasteiger partial charge in [-0.3, -0.25) is 14.6 Å². The second kappa shape index (κ2) is 13.9. The summed E-state index contributed by atoms with van der Waals surface area (Å²) in [4.78, 5) is 36.0. The molecule has 0 bridgehead atoms. The molecule has 2 amide bonds. The second-order valence-corrected chi connectivity index (χ2v) is 12.3. The summed E-state index contributed by atoms with van der Waals surface area (Å²) in [5.74, 6) is 1.76. The molecule has 48 heavy (non-hydrogen) atoms. The molecule has 0 atom stereocenters. The zero-order chi connectivity index (χ0) is 32.9. The quantitative estimate of drug-likeness (QED) is 0.233. The lowest BCUT2D eigenvalue weighted by Crippen LogP contribution is -2.49. The van der Waals surface area contributed by atoms with Crippen LogP contribution in [-0.2, 0) is 26.6 Å². The van der Waals surface area contributed by atoms with Gasteiger partial charge in [0.2, 0.25) is 5.95 Å². The Labute approximate surface area is 279 Å². The molecule has 5 heterocycles. The van der Waals surface area contributed by atoms with E-state index in [1.807, 2.05) is 73.0 Å². The van der Waals surface area contributed by atoms with Gasteiger partial charge in [-0.25, -0.2) is 14.8 Å². The summed E-state index contributed by atoms with van der Waals surface area (Å²) in [5, 5.41) is 20.7. The number of pyridine rings is 2. The fraction of sp³-hybridized carbons (Fsp3) is 0.306. The number of carbonyl (C=O) groups excluding carboxylic acids is 1. The first-order valence-electron chi connectivity index (χ1n) is 16.3. The number of benzene rings is 1. The maximum atomic E-state index is 13.8. The zero-order valence-electron chi connectivity index (χ0n) is 26.8. The Bertz CT molecular complexity index is 1910. The molecule has 0 spiro atoms. The molecule has 5 aromatic rings. The SMILES string of the molecule is Cn1cc(-c2ccc(N(C(=O)NCc3ccccc3)[C@H]3CC[C@H](Nc4ncc(C#N)c(N5CCc6ccncc6C5)n4)CC3)nc2)cn1. The van der Waals surface area contributed by atoms with E-state index in [0.717, 1.165) is 60.9 Å². The van der Waals surface area contributed by atoms with Crippen molar-refractivity contribution in [1.29, 1.82) is 5.26 Å². The number of amides is 2. The number of rotatable bonds is 8. The van der Waals surface area contributed by atoms with E-state index in [1.54, 1.807) is 23.3 Å². The summed E-state index contributed by atoms with van der Waals surface area (Å²) in [7, 11) is 1.88. The number of nitriles is 1. The monoisotopic (exact) mass is 639 g/mol. The molecule has 0 unspecified atom stereocenters. The highest BCUT2D eigenvalue weighted by molar-refractivity contribution is 5.91. The van der Waals surface area contributed by atoms with Crippen LogP contribution in [0.25, 0.3) is 11.1 Å². The lowest BCUT2D eigenvalue weighted by Gasteiger charge is -2.36. The predicted molar refractivity (Wildman–Crippen MR) is 183 cm³/mol. The van der Waals surface area contributed by atoms with E-state index in [2.05, 4.69) is 42.7 Å². The van der Waals surface area contributed by atoms with Crippen LogP contribution >= 0.6 is 0 Å². The first-order valence-corrected chi connectivity index (χ1v) is 16.3. The van der Waals surface area contributed by atoms with E-state index >= 15 is 0 Å². The van der Waals surface area contributed by atoms with E-state index in [-0.39, 0.29) is 18.1 Å². The molecule has 2 N–H and O–H groups in total. The van der Waals surface area contributed by atoms with Gasteiger partial charge < -0.3 is 15.5 Å². The Balaban J connectivity index is 1.04. The topological polar surface area (TPSA) is 141 Å². The van der Waals surface area contributed by atoms with Gasteiger partial charge in [0.1, 0.15) is 17.5 Å². The number of nitrogens with one attached hydrogen (secondary N) is 2. The number of nitrogens with zero attached hydrogens (tertiary/aromatic N) is 9. The number of aryl methyl sites for hydroxylation is 1.